The second kappa shape index (κ2) is 14.2. The van der Waals surface area contributed by atoms with Crippen LogP contribution in [0.3, 0.4) is 0 Å². The van der Waals surface area contributed by atoms with Gasteiger partial charge in [0.1, 0.15) is 24.4 Å². The average Bonchev–Trinajstić information content (AvgIpc) is 2.84. The van der Waals surface area contributed by atoms with Gasteiger partial charge in [0, 0.05) is 23.9 Å². The van der Waals surface area contributed by atoms with Gasteiger partial charge in [-0.05, 0) is 36.1 Å². The highest BCUT2D eigenvalue weighted by molar-refractivity contribution is 6.30. The summed E-state index contributed by atoms with van der Waals surface area (Å²) >= 11 is 6.08. The minimum absolute atomic E-state index is 0.0314. The van der Waals surface area contributed by atoms with Crippen LogP contribution >= 0.6 is 11.6 Å². The molecule has 0 aliphatic rings. The molecule has 0 saturated carbocycles. The first-order valence-electron chi connectivity index (χ1n) is 11.8. The van der Waals surface area contributed by atoms with E-state index in [9.17, 15) is 24.3 Å². The molecule has 0 aliphatic carbocycles. The first-order chi connectivity index (χ1) is 17.5. The van der Waals surface area contributed by atoms with Gasteiger partial charge in [-0.3, -0.25) is 14.4 Å². The summed E-state index contributed by atoms with van der Waals surface area (Å²) in [6, 6.07) is 10.4. The zero-order valence-corrected chi connectivity index (χ0v) is 21.5. The highest BCUT2D eigenvalue weighted by atomic mass is 35.5. The van der Waals surface area contributed by atoms with Crippen LogP contribution in [0.1, 0.15) is 42.6 Å². The quantitative estimate of drug-likeness (QED) is 0.247. The van der Waals surface area contributed by atoms with Crippen LogP contribution < -0.4 is 26.8 Å². The smallest absolute Gasteiger partial charge is 0.326 e. The fourth-order valence-corrected chi connectivity index (χ4v) is 3.46. The lowest BCUT2D eigenvalue weighted by atomic mass is 10.0. The second-order valence-electron chi connectivity index (χ2n) is 8.98. The zero-order chi connectivity index (χ0) is 27.5. The molecule has 0 aromatic heterocycles. The molecule has 10 nitrogen and oxygen atoms in total. The minimum Gasteiger partial charge on any atom is -0.491 e. The third-order valence-corrected chi connectivity index (χ3v) is 5.91. The Morgan fingerprint density at radius 1 is 1.03 bits per heavy atom. The Kier molecular flexibility index (Phi) is 11.4. The number of nitrogens with one attached hydrogen (secondary N) is 2. The molecule has 0 radical (unpaired) electrons. The number of carbonyl (C=O) groups is 4. The number of hydrogen-bond donors (Lipinski definition) is 5. The molecule has 11 heteroatoms. The normalized spacial score (nSPS) is 13.3. The van der Waals surface area contributed by atoms with E-state index in [4.69, 9.17) is 27.8 Å². The van der Waals surface area contributed by atoms with E-state index in [0.29, 0.717) is 10.6 Å². The van der Waals surface area contributed by atoms with Gasteiger partial charge in [0.15, 0.2) is 0 Å². The first-order valence-corrected chi connectivity index (χ1v) is 12.2. The van der Waals surface area contributed by atoms with E-state index in [-0.39, 0.29) is 49.1 Å². The maximum Gasteiger partial charge on any atom is 0.326 e. The van der Waals surface area contributed by atoms with Crippen molar-refractivity contribution in [1.29, 1.82) is 0 Å². The molecule has 3 atom stereocenters. The van der Waals surface area contributed by atoms with Crippen molar-refractivity contribution in [1.82, 2.24) is 10.6 Å². The van der Waals surface area contributed by atoms with Crippen LogP contribution in [0.4, 0.5) is 0 Å². The predicted octanol–water partition coefficient (Wildman–Crippen LogP) is 1.88. The van der Waals surface area contributed by atoms with E-state index in [1.165, 1.54) is 18.2 Å². The van der Waals surface area contributed by atoms with Crippen LogP contribution in [0.5, 0.6) is 5.75 Å². The minimum atomic E-state index is -1.25. The Labute approximate surface area is 220 Å². The molecule has 0 unspecified atom stereocenters. The van der Waals surface area contributed by atoms with Gasteiger partial charge in [-0.25, -0.2) is 4.79 Å². The molecular formula is C26H33ClN4O6. The molecule has 0 saturated heterocycles. The van der Waals surface area contributed by atoms with Gasteiger partial charge in [0.05, 0.1) is 5.56 Å². The second-order valence-corrected chi connectivity index (χ2v) is 9.42. The van der Waals surface area contributed by atoms with E-state index in [2.05, 4.69) is 10.6 Å². The van der Waals surface area contributed by atoms with Crippen LogP contribution in [-0.2, 0) is 20.8 Å². The molecule has 0 spiro atoms. The van der Waals surface area contributed by atoms with E-state index in [0.717, 1.165) is 0 Å². The molecule has 7 N–H and O–H groups in total. The summed E-state index contributed by atoms with van der Waals surface area (Å²) < 4.78 is 5.74. The third-order valence-electron chi connectivity index (χ3n) is 5.67. The van der Waals surface area contributed by atoms with Gasteiger partial charge in [-0.1, -0.05) is 55.8 Å². The molecule has 2 aromatic rings. The van der Waals surface area contributed by atoms with Crippen LogP contribution in [-0.4, -0.2) is 53.5 Å². The molecular weight excluding hydrogens is 500 g/mol. The third kappa shape index (κ3) is 9.74. The standard InChI is InChI=1S/C26H33ClN4O6/c1-15(2)19(28)14-37-22-13-17(27)8-9-18(22)24(33)30-20(10-11-23(29)32)25(34)31-21(26(35)36)12-16-6-4-3-5-7-16/h3-9,13,15,19-21H,10-12,14,28H2,1-2H3,(H2,29,32)(H,30,33)(H,31,34)(H,35,36)/t19-,20+,21+/m1/s1. The lowest BCUT2D eigenvalue weighted by Crippen LogP contribution is -2.52. The Bertz CT molecular complexity index is 1100. The Balaban J connectivity index is 2.21. The molecule has 0 fully saturated rings. The maximum atomic E-state index is 13.1. The van der Waals surface area contributed by atoms with Gasteiger partial charge in [-0.15, -0.1) is 0 Å². The predicted molar refractivity (Wildman–Crippen MR) is 139 cm³/mol. The molecule has 37 heavy (non-hydrogen) atoms. The number of nitrogens with two attached hydrogens (primary N) is 2. The largest absolute Gasteiger partial charge is 0.491 e. The molecule has 0 bridgehead atoms. The highest BCUT2D eigenvalue weighted by Crippen LogP contribution is 2.24. The summed E-state index contributed by atoms with van der Waals surface area (Å²) in [6.45, 7) is 4.00. The van der Waals surface area contributed by atoms with Crippen LogP contribution in [0.15, 0.2) is 48.5 Å². The van der Waals surface area contributed by atoms with Crippen molar-refractivity contribution in [3.63, 3.8) is 0 Å². The summed E-state index contributed by atoms with van der Waals surface area (Å²) in [5.41, 5.74) is 12.1. The SMILES string of the molecule is CC(C)[C@H](N)COc1cc(Cl)ccc1C(=O)N[C@@H](CCC(N)=O)C(=O)N[C@@H](Cc1ccccc1)C(=O)O. The topological polar surface area (TPSA) is 174 Å². The van der Waals surface area contributed by atoms with E-state index in [1.807, 2.05) is 13.8 Å². The van der Waals surface area contributed by atoms with E-state index in [1.54, 1.807) is 30.3 Å². The Morgan fingerprint density at radius 3 is 2.30 bits per heavy atom. The van der Waals surface area contributed by atoms with Crippen molar-refractivity contribution in [3.8, 4) is 5.75 Å². The maximum absolute atomic E-state index is 13.1. The van der Waals surface area contributed by atoms with Crippen LogP contribution in [0.25, 0.3) is 0 Å². The average molecular weight is 533 g/mol. The number of rotatable bonds is 14. The zero-order valence-electron chi connectivity index (χ0n) is 20.8. The van der Waals surface area contributed by atoms with Crippen molar-refractivity contribution in [2.24, 2.45) is 17.4 Å². The van der Waals surface area contributed by atoms with Gasteiger partial charge >= 0.3 is 5.97 Å². The summed E-state index contributed by atoms with van der Waals surface area (Å²) in [6.07, 6.45) is -0.307. The van der Waals surface area contributed by atoms with E-state index >= 15 is 0 Å². The van der Waals surface area contributed by atoms with Gasteiger partial charge in [-0.2, -0.15) is 0 Å². The van der Waals surface area contributed by atoms with E-state index < -0.39 is 35.8 Å². The molecule has 2 rings (SSSR count). The summed E-state index contributed by atoms with van der Waals surface area (Å²) in [5.74, 6) is -3.06. The van der Waals surface area contributed by atoms with Crippen LogP contribution in [0, 0.1) is 5.92 Å². The Morgan fingerprint density at radius 2 is 1.70 bits per heavy atom. The number of ether oxygens (including phenoxy) is 1. The number of carboxylic acid groups (broad SMARTS) is 1. The van der Waals surface area contributed by atoms with Gasteiger partial charge in [0.2, 0.25) is 11.8 Å². The Hall–Kier alpha value is -3.63. The van der Waals surface area contributed by atoms with Crippen molar-refractivity contribution in [2.45, 2.75) is 51.2 Å². The molecule has 3 amide bonds. The molecule has 0 heterocycles. The first kappa shape index (κ1) is 29.6. The summed E-state index contributed by atoms with van der Waals surface area (Å²) in [5, 5.41) is 15.0. The van der Waals surface area contributed by atoms with Crippen molar-refractivity contribution in [2.75, 3.05) is 6.61 Å². The lowest BCUT2D eigenvalue weighted by molar-refractivity contribution is -0.142. The summed E-state index contributed by atoms with van der Waals surface area (Å²) in [7, 11) is 0. The van der Waals surface area contributed by atoms with Crippen molar-refractivity contribution >= 4 is 35.3 Å². The number of benzene rings is 2. The number of carboxylic acids is 1. The lowest BCUT2D eigenvalue weighted by Gasteiger charge is -2.22. The molecule has 0 aliphatic heterocycles. The van der Waals surface area contributed by atoms with Crippen molar-refractivity contribution in [3.05, 3.63) is 64.7 Å². The number of hydrogen-bond acceptors (Lipinski definition) is 6. The number of halogens is 1. The summed E-state index contributed by atoms with van der Waals surface area (Å²) in [4.78, 5) is 49.4. The fourth-order valence-electron chi connectivity index (χ4n) is 3.30. The highest BCUT2D eigenvalue weighted by Gasteiger charge is 2.28. The van der Waals surface area contributed by atoms with Gasteiger partial charge in [0.25, 0.3) is 5.91 Å². The number of primary amides is 1. The van der Waals surface area contributed by atoms with Gasteiger partial charge < -0.3 is 31.9 Å². The molecule has 2 aromatic carbocycles. The molecule has 200 valence electrons. The monoisotopic (exact) mass is 532 g/mol. The number of aliphatic carboxylic acids is 1. The van der Waals surface area contributed by atoms with Crippen molar-refractivity contribution < 1.29 is 29.0 Å². The number of amides is 3. The number of carbonyl (C=O) groups excluding carboxylic acids is 3. The van der Waals surface area contributed by atoms with Crippen LogP contribution in [0.2, 0.25) is 5.02 Å². The fraction of sp³-hybridized carbons (Fsp3) is 0.385.